The molecule has 0 atom stereocenters. The largest absolute Gasteiger partial charge is 0.481 e. The average molecular weight is 214 g/mol. The van der Waals surface area contributed by atoms with Crippen LogP contribution in [0.5, 0.6) is 0 Å². The Morgan fingerprint density at radius 2 is 1.80 bits per heavy atom. The topological polar surface area (TPSA) is 74.6 Å². The van der Waals surface area contributed by atoms with Crippen LogP contribution in [0.15, 0.2) is 11.6 Å². The van der Waals surface area contributed by atoms with E-state index in [9.17, 15) is 9.59 Å². The molecular weight excluding hydrogens is 196 g/mol. The van der Waals surface area contributed by atoms with Gasteiger partial charge in [0.15, 0.2) is 0 Å². The predicted molar refractivity (Wildman–Crippen MR) is 56.7 cm³/mol. The lowest BCUT2D eigenvalue weighted by molar-refractivity contribution is -0.139. The van der Waals surface area contributed by atoms with Gasteiger partial charge in [0.25, 0.3) is 0 Å². The Balaban J connectivity index is 3.96. The van der Waals surface area contributed by atoms with Crippen LogP contribution in [0.4, 0.5) is 0 Å². The molecule has 0 saturated carbocycles. The van der Waals surface area contributed by atoms with E-state index < -0.39 is 18.4 Å². The molecule has 0 aliphatic heterocycles. The standard InChI is InChI=1S/C11H18O4/c1-2-3-4-5-6-7-9(11(14)15)8-10(12)13/h7H,2-6,8H2,1H3,(H,12,13)(H,14,15)/b9-7+. The van der Waals surface area contributed by atoms with Gasteiger partial charge in [-0.2, -0.15) is 0 Å². The lowest BCUT2D eigenvalue weighted by atomic mass is 10.1. The average Bonchev–Trinajstić information content (AvgIpc) is 2.15. The fraction of sp³-hybridized carbons (Fsp3) is 0.636. The van der Waals surface area contributed by atoms with Gasteiger partial charge < -0.3 is 10.2 Å². The Morgan fingerprint density at radius 3 is 2.27 bits per heavy atom. The van der Waals surface area contributed by atoms with Crippen molar-refractivity contribution in [2.45, 2.75) is 45.4 Å². The molecule has 0 aliphatic rings. The molecule has 0 bridgehead atoms. The summed E-state index contributed by atoms with van der Waals surface area (Å²) in [5, 5.41) is 17.2. The number of carboxylic acid groups (broad SMARTS) is 2. The summed E-state index contributed by atoms with van der Waals surface area (Å²) >= 11 is 0. The minimum atomic E-state index is -1.13. The van der Waals surface area contributed by atoms with Crippen LogP contribution in [0.1, 0.15) is 45.4 Å². The molecule has 15 heavy (non-hydrogen) atoms. The molecule has 4 heteroatoms. The lowest BCUT2D eigenvalue weighted by Gasteiger charge is -1.99. The zero-order valence-corrected chi connectivity index (χ0v) is 9.03. The van der Waals surface area contributed by atoms with Gasteiger partial charge in [0, 0.05) is 5.57 Å². The van der Waals surface area contributed by atoms with E-state index in [0.717, 1.165) is 25.7 Å². The van der Waals surface area contributed by atoms with Crippen molar-refractivity contribution in [1.29, 1.82) is 0 Å². The maximum Gasteiger partial charge on any atom is 0.331 e. The second-order valence-corrected chi connectivity index (χ2v) is 3.45. The maximum atomic E-state index is 10.6. The van der Waals surface area contributed by atoms with Crippen molar-refractivity contribution in [2.75, 3.05) is 0 Å². The summed E-state index contributed by atoms with van der Waals surface area (Å²) in [6.07, 6.45) is 6.02. The van der Waals surface area contributed by atoms with E-state index in [1.807, 2.05) is 0 Å². The second-order valence-electron chi connectivity index (χ2n) is 3.45. The first kappa shape index (κ1) is 13.7. The molecule has 0 aromatic rings. The van der Waals surface area contributed by atoms with E-state index in [-0.39, 0.29) is 5.57 Å². The Hall–Kier alpha value is -1.32. The van der Waals surface area contributed by atoms with E-state index in [1.165, 1.54) is 6.08 Å². The highest BCUT2D eigenvalue weighted by Crippen LogP contribution is 2.08. The Morgan fingerprint density at radius 1 is 1.13 bits per heavy atom. The zero-order chi connectivity index (χ0) is 11.7. The van der Waals surface area contributed by atoms with Crippen LogP contribution in [0.3, 0.4) is 0 Å². The highest BCUT2D eigenvalue weighted by atomic mass is 16.4. The van der Waals surface area contributed by atoms with Crippen LogP contribution in [0.2, 0.25) is 0 Å². The van der Waals surface area contributed by atoms with E-state index in [4.69, 9.17) is 10.2 Å². The molecule has 4 nitrogen and oxygen atoms in total. The van der Waals surface area contributed by atoms with Crippen LogP contribution < -0.4 is 0 Å². The summed E-state index contributed by atoms with van der Waals surface area (Å²) in [7, 11) is 0. The molecule has 0 saturated heterocycles. The Labute approximate surface area is 89.6 Å². The molecule has 0 aliphatic carbocycles. The number of carboxylic acids is 2. The van der Waals surface area contributed by atoms with Crippen LogP contribution in [0.25, 0.3) is 0 Å². The Bertz CT molecular complexity index is 243. The fourth-order valence-electron chi connectivity index (χ4n) is 1.25. The molecule has 0 fully saturated rings. The van der Waals surface area contributed by atoms with Crippen molar-refractivity contribution in [3.63, 3.8) is 0 Å². The van der Waals surface area contributed by atoms with Crippen molar-refractivity contribution in [1.82, 2.24) is 0 Å². The first-order chi connectivity index (χ1) is 7.07. The van der Waals surface area contributed by atoms with Gasteiger partial charge in [-0.15, -0.1) is 0 Å². The molecule has 0 rings (SSSR count). The van der Waals surface area contributed by atoms with Gasteiger partial charge in [-0.1, -0.05) is 32.3 Å². The molecule has 2 N–H and O–H groups in total. The summed E-state index contributed by atoms with van der Waals surface area (Å²) in [4.78, 5) is 21.0. The molecule has 0 amide bonds. The fourth-order valence-corrected chi connectivity index (χ4v) is 1.25. The SMILES string of the molecule is CCCCCC/C=C(\CC(=O)O)C(=O)O. The first-order valence-corrected chi connectivity index (χ1v) is 5.22. The van der Waals surface area contributed by atoms with E-state index >= 15 is 0 Å². The number of aliphatic carboxylic acids is 2. The minimum absolute atomic E-state index is 0.0148. The smallest absolute Gasteiger partial charge is 0.331 e. The molecule has 0 aromatic carbocycles. The quantitative estimate of drug-likeness (QED) is 0.480. The Kier molecular flexibility index (Phi) is 7.32. The summed E-state index contributed by atoms with van der Waals surface area (Å²) in [5.74, 6) is -2.23. The molecule has 0 unspecified atom stereocenters. The van der Waals surface area contributed by atoms with E-state index in [1.54, 1.807) is 0 Å². The van der Waals surface area contributed by atoms with Crippen LogP contribution in [0, 0.1) is 0 Å². The zero-order valence-electron chi connectivity index (χ0n) is 9.03. The third kappa shape index (κ3) is 7.73. The molecule has 0 aromatic heterocycles. The van der Waals surface area contributed by atoms with Crippen molar-refractivity contribution in [3.8, 4) is 0 Å². The van der Waals surface area contributed by atoms with Crippen LogP contribution in [-0.4, -0.2) is 22.2 Å². The van der Waals surface area contributed by atoms with E-state index in [2.05, 4.69) is 6.92 Å². The highest BCUT2D eigenvalue weighted by Gasteiger charge is 2.10. The van der Waals surface area contributed by atoms with Crippen molar-refractivity contribution >= 4 is 11.9 Å². The third-order valence-electron chi connectivity index (χ3n) is 2.06. The minimum Gasteiger partial charge on any atom is -0.481 e. The first-order valence-electron chi connectivity index (χ1n) is 5.22. The third-order valence-corrected chi connectivity index (χ3v) is 2.06. The number of hydrogen-bond acceptors (Lipinski definition) is 2. The maximum absolute atomic E-state index is 10.6. The van der Waals surface area contributed by atoms with Gasteiger partial charge in [-0.3, -0.25) is 4.79 Å². The van der Waals surface area contributed by atoms with E-state index in [0.29, 0.717) is 6.42 Å². The number of hydrogen-bond donors (Lipinski definition) is 2. The number of rotatable bonds is 8. The summed E-state index contributed by atoms with van der Waals surface area (Å²) < 4.78 is 0. The van der Waals surface area contributed by atoms with Gasteiger partial charge in [0.2, 0.25) is 0 Å². The van der Waals surface area contributed by atoms with Gasteiger partial charge in [-0.05, 0) is 12.8 Å². The summed E-state index contributed by atoms with van der Waals surface area (Å²) in [5.41, 5.74) is -0.0148. The van der Waals surface area contributed by atoms with Crippen LogP contribution in [-0.2, 0) is 9.59 Å². The van der Waals surface area contributed by atoms with Gasteiger partial charge in [-0.25, -0.2) is 4.79 Å². The number of allylic oxidation sites excluding steroid dienone is 1. The van der Waals surface area contributed by atoms with Crippen molar-refractivity contribution in [2.24, 2.45) is 0 Å². The lowest BCUT2D eigenvalue weighted by Crippen LogP contribution is -2.06. The van der Waals surface area contributed by atoms with Gasteiger partial charge >= 0.3 is 11.9 Å². The van der Waals surface area contributed by atoms with Crippen molar-refractivity contribution in [3.05, 3.63) is 11.6 Å². The van der Waals surface area contributed by atoms with Gasteiger partial charge in [0.1, 0.15) is 0 Å². The molecule has 0 heterocycles. The second kappa shape index (κ2) is 8.03. The monoisotopic (exact) mass is 214 g/mol. The number of carbonyl (C=O) groups is 2. The van der Waals surface area contributed by atoms with Crippen LogP contribution >= 0.6 is 0 Å². The normalized spacial score (nSPS) is 11.4. The molecular formula is C11H18O4. The molecule has 0 spiro atoms. The molecule has 0 radical (unpaired) electrons. The summed E-state index contributed by atoms with van der Waals surface area (Å²) in [6.45, 7) is 2.10. The predicted octanol–water partition coefficient (Wildman–Crippen LogP) is 2.44. The highest BCUT2D eigenvalue weighted by molar-refractivity contribution is 5.91. The van der Waals surface area contributed by atoms with Gasteiger partial charge in [0.05, 0.1) is 6.42 Å². The molecule has 86 valence electrons. The summed E-state index contributed by atoms with van der Waals surface area (Å²) in [6, 6.07) is 0. The van der Waals surface area contributed by atoms with Crippen molar-refractivity contribution < 1.29 is 19.8 Å². The number of unbranched alkanes of at least 4 members (excludes halogenated alkanes) is 4.